The summed E-state index contributed by atoms with van der Waals surface area (Å²) >= 11 is 0. The molecule has 0 fully saturated rings. The number of halogens is 2. The van der Waals surface area contributed by atoms with Crippen LogP contribution in [-0.2, 0) is 13.1 Å². The molecule has 7 heteroatoms. The van der Waals surface area contributed by atoms with E-state index >= 15 is 0 Å². The van der Waals surface area contributed by atoms with Crippen molar-refractivity contribution in [3.63, 3.8) is 0 Å². The quantitative estimate of drug-likeness (QED) is 0.504. The minimum absolute atomic E-state index is 0.265. The van der Waals surface area contributed by atoms with Crippen LogP contribution in [0, 0.1) is 18.6 Å². The smallest absolute Gasteiger partial charge is 0.191 e. The summed E-state index contributed by atoms with van der Waals surface area (Å²) in [5.74, 6) is 0.661. The van der Waals surface area contributed by atoms with Crippen LogP contribution in [0.15, 0.2) is 59.9 Å². The summed E-state index contributed by atoms with van der Waals surface area (Å²) in [6, 6.07) is 11.6. The fourth-order valence-electron chi connectivity index (χ4n) is 2.81. The molecule has 0 atom stereocenters. The number of aliphatic imine (C=N–C) groups is 1. The summed E-state index contributed by atoms with van der Waals surface area (Å²) in [4.78, 5) is 8.59. The minimum atomic E-state index is -0.335. The fourth-order valence-corrected chi connectivity index (χ4v) is 2.81. The second kappa shape index (κ2) is 9.12. The van der Waals surface area contributed by atoms with Crippen molar-refractivity contribution >= 4 is 5.96 Å². The lowest BCUT2D eigenvalue weighted by Gasteiger charge is -2.12. The third kappa shape index (κ3) is 4.73. The summed E-state index contributed by atoms with van der Waals surface area (Å²) in [5.41, 5.74) is 1.74. The Kier molecular flexibility index (Phi) is 6.37. The van der Waals surface area contributed by atoms with E-state index in [1.165, 1.54) is 12.1 Å². The Morgan fingerprint density at radius 3 is 2.61 bits per heavy atom. The predicted molar refractivity (Wildman–Crippen MR) is 106 cm³/mol. The van der Waals surface area contributed by atoms with Crippen molar-refractivity contribution in [2.24, 2.45) is 4.99 Å². The van der Waals surface area contributed by atoms with Crippen molar-refractivity contribution in [1.82, 2.24) is 20.2 Å². The van der Waals surface area contributed by atoms with E-state index in [0.717, 1.165) is 11.4 Å². The maximum atomic E-state index is 14.5. The number of rotatable bonds is 6. The first kappa shape index (κ1) is 19.5. The van der Waals surface area contributed by atoms with Crippen LogP contribution in [0.4, 0.5) is 8.78 Å². The average Bonchev–Trinajstić information content (AvgIpc) is 3.11. The van der Waals surface area contributed by atoms with Gasteiger partial charge in [0.2, 0.25) is 0 Å². The van der Waals surface area contributed by atoms with E-state index in [1.807, 2.05) is 19.9 Å². The van der Waals surface area contributed by atoms with Gasteiger partial charge in [0.1, 0.15) is 17.5 Å². The van der Waals surface area contributed by atoms with E-state index < -0.39 is 0 Å². The Balaban J connectivity index is 1.70. The lowest BCUT2D eigenvalue weighted by molar-refractivity contribution is 0.604. The maximum Gasteiger partial charge on any atom is 0.191 e. The molecule has 5 nitrogen and oxygen atoms in total. The number of aryl methyl sites for hydroxylation is 1. The zero-order valence-corrected chi connectivity index (χ0v) is 15.9. The van der Waals surface area contributed by atoms with Gasteiger partial charge in [-0.15, -0.1) is 0 Å². The molecule has 2 N–H and O–H groups in total. The van der Waals surface area contributed by atoms with Gasteiger partial charge in [0, 0.05) is 31.0 Å². The van der Waals surface area contributed by atoms with Crippen molar-refractivity contribution in [2.75, 3.05) is 6.54 Å². The second-order valence-electron chi connectivity index (χ2n) is 6.27. The molecule has 0 radical (unpaired) electrons. The molecule has 0 aliphatic heterocycles. The van der Waals surface area contributed by atoms with Crippen molar-refractivity contribution < 1.29 is 8.78 Å². The Hall–Kier alpha value is -3.22. The number of benzene rings is 2. The normalized spacial score (nSPS) is 11.5. The van der Waals surface area contributed by atoms with Crippen LogP contribution < -0.4 is 10.6 Å². The summed E-state index contributed by atoms with van der Waals surface area (Å²) < 4.78 is 30.0. The molecule has 1 aromatic heterocycles. The molecule has 0 saturated heterocycles. The minimum Gasteiger partial charge on any atom is -0.357 e. The molecule has 1 heterocycles. The molecule has 0 aliphatic rings. The highest BCUT2D eigenvalue weighted by atomic mass is 19.1. The van der Waals surface area contributed by atoms with Crippen molar-refractivity contribution in [2.45, 2.75) is 26.9 Å². The zero-order chi connectivity index (χ0) is 19.9. The molecule has 0 spiro atoms. The third-order valence-electron chi connectivity index (χ3n) is 4.27. The molecule has 0 amide bonds. The fraction of sp³-hybridized carbons (Fsp3) is 0.238. The zero-order valence-electron chi connectivity index (χ0n) is 15.9. The Labute approximate surface area is 163 Å². The van der Waals surface area contributed by atoms with Gasteiger partial charge in [0.25, 0.3) is 0 Å². The SMILES string of the molecule is CCNC(=NCc1ccc(-n2ccnc2C)c(F)c1)NCc1ccccc1F. The number of nitrogens with zero attached hydrogens (tertiary/aromatic N) is 3. The molecule has 146 valence electrons. The average molecular weight is 383 g/mol. The predicted octanol–water partition coefficient (Wildman–Crippen LogP) is 3.71. The molecule has 28 heavy (non-hydrogen) atoms. The van der Waals surface area contributed by atoms with Gasteiger partial charge < -0.3 is 15.2 Å². The summed E-state index contributed by atoms with van der Waals surface area (Å²) in [7, 11) is 0. The third-order valence-corrected chi connectivity index (χ3v) is 4.27. The second-order valence-corrected chi connectivity index (χ2v) is 6.27. The number of aromatic nitrogens is 2. The van der Waals surface area contributed by atoms with Gasteiger partial charge in [0.15, 0.2) is 5.96 Å². The van der Waals surface area contributed by atoms with E-state index in [0.29, 0.717) is 36.8 Å². The summed E-state index contributed by atoms with van der Waals surface area (Å²) in [6.45, 7) is 5.04. The maximum absolute atomic E-state index is 14.5. The highest BCUT2D eigenvalue weighted by Gasteiger charge is 2.08. The molecule has 0 aliphatic carbocycles. The number of guanidine groups is 1. The van der Waals surface area contributed by atoms with Crippen LogP contribution in [0.25, 0.3) is 5.69 Å². The molecule has 0 saturated carbocycles. The van der Waals surface area contributed by atoms with Gasteiger partial charge in [-0.3, -0.25) is 0 Å². The first-order valence-electron chi connectivity index (χ1n) is 9.13. The Morgan fingerprint density at radius 1 is 1.11 bits per heavy atom. The van der Waals surface area contributed by atoms with Crippen molar-refractivity contribution in [1.29, 1.82) is 0 Å². The van der Waals surface area contributed by atoms with E-state index in [9.17, 15) is 8.78 Å². The van der Waals surface area contributed by atoms with Crippen LogP contribution in [-0.4, -0.2) is 22.1 Å². The van der Waals surface area contributed by atoms with E-state index in [4.69, 9.17) is 0 Å². The number of imidazole rings is 1. The van der Waals surface area contributed by atoms with Crippen molar-refractivity contribution in [3.05, 3.63) is 83.4 Å². The van der Waals surface area contributed by atoms with Crippen LogP contribution in [0.5, 0.6) is 0 Å². The van der Waals surface area contributed by atoms with Crippen LogP contribution in [0.1, 0.15) is 23.9 Å². The largest absolute Gasteiger partial charge is 0.357 e. The highest BCUT2D eigenvalue weighted by molar-refractivity contribution is 5.79. The van der Waals surface area contributed by atoms with Gasteiger partial charge in [-0.1, -0.05) is 24.3 Å². The van der Waals surface area contributed by atoms with Gasteiger partial charge in [-0.25, -0.2) is 18.8 Å². The molecular weight excluding hydrogens is 360 g/mol. The monoisotopic (exact) mass is 383 g/mol. The van der Waals surface area contributed by atoms with Crippen LogP contribution >= 0.6 is 0 Å². The number of hydrogen-bond donors (Lipinski definition) is 2. The van der Waals surface area contributed by atoms with E-state index in [-0.39, 0.29) is 11.6 Å². The lowest BCUT2D eigenvalue weighted by Crippen LogP contribution is -2.37. The topological polar surface area (TPSA) is 54.2 Å². The van der Waals surface area contributed by atoms with Crippen molar-refractivity contribution in [3.8, 4) is 5.69 Å². The van der Waals surface area contributed by atoms with Crippen LogP contribution in [0.3, 0.4) is 0 Å². The number of nitrogens with one attached hydrogen (secondary N) is 2. The Bertz CT molecular complexity index is 965. The molecule has 0 bridgehead atoms. The van der Waals surface area contributed by atoms with Gasteiger partial charge >= 0.3 is 0 Å². The van der Waals surface area contributed by atoms with E-state index in [1.54, 1.807) is 41.2 Å². The first-order chi connectivity index (χ1) is 13.6. The van der Waals surface area contributed by atoms with Gasteiger partial charge in [-0.2, -0.15) is 0 Å². The molecule has 2 aromatic carbocycles. The molecule has 3 rings (SSSR count). The first-order valence-corrected chi connectivity index (χ1v) is 9.13. The van der Waals surface area contributed by atoms with Gasteiger partial charge in [-0.05, 0) is 37.6 Å². The highest BCUT2D eigenvalue weighted by Crippen LogP contribution is 2.17. The summed E-state index contributed by atoms with van der Waals surface area (Å²) in [5, 5.41) is 6.21. The number of hydrogen-bond acceptors (Lipinski definition) is 2. The van der Waals surface area contributed by atoms with Gasteiger partial charge in [0.05, 0.1) is 12.2 Å². The molecule has 3 aromatic rings. The molecule has 0 unspecified atom stereocenters. The Morgan fingerprint density at radius 2 is 1.93 bits per heavy atom. The lowest BCUT2D eigenvalue weighted by atomic mass is 10.2. The standard InChI is InChI=1S/C21H23F2N5/c1-3-24-21(27-14-17-6-4-5-7-18(17)22)26-13-16-8-9-20(19(23)12-16)28-11-10-25-15(28)2/h4-12H,3,13-14H2,1-2H3,(H2,24,26,27). The van der Waals surface area contributed by atoms with Crippen LogP contribution in [0.2, 0.25) is 0 Å². The summed E-state index contributed by atoms with van der Waals surface area (Å²) in [6.07, 6.45) is 3.36. The van der Waals surface area contributed by atoms with E-state index in [2.05, 4.69) is 20.6 Å². The molecular formula is C21H23F2N5.